The molecule has 0 heterocycles. The molecule has 0 unspecified atom stereocenters. The third-order valence-corrected chi connectivity index (χ3v) is 2.47. The molecule has 0 aliphatic heterocycles. The molecular formula is C14H10FNO. The van der Waals surface area contributed by atoms with E-state index >= 15 is 0 Å². The van der Waals surface area contributed by atoms with Gasteiger partial charge in [-0.3, -0.25) is 0 Å². The monoisotopic (exact) mass is 227 g/mol. The molecule has 2 aromatic carbocycles. The SMILES string of the molecule is Cc1cc(O)cc(-c2cc(C#N)ccc2F)c1. The highest BCUT2D eigenvalue weighted by atomic mass is 19.1. The van der Waals surface area contributed by atoms with E-state index in [1.807, 2.05) is 13.0 Å². The van der Waals surface area contributed by atoms with Crippen LogP contribution in [0, 0.1) is 24.1 Å². The summed E-state index contributed by atoms with van der Waals surface area (Å²) in [4.78, 5) is 0. The lowest BCUT2D eigenvalue weighted by Crippen LogP contribution is -1.87. The van der Waals surface area contributed by atoms with Crippen molar-refractivity contribution in [3.63, 3.8) is 0 Å². The molecule has 2 nitrogen and oxygen atoms in total. The van der Waals surface area contributed by atoms with Crippen LogP contribution >= 0.6 is 0 Å². The Kier molecular flexibility index (Phi) is 2.80. The number of nitriles is 1. The van der Waals surface area contributed by atoms with Gasteiger partial charge in [-0.1, -0.05) is 6.07 Å². The Bertz CT molecular complexity index is 594. The maximum Gasteiger partial charge on any atom is 0.131 e. The van der Waals surface area contributed by atoms with Crippen molar-refractivity contribution in [2.45, 2.75) is 6.92 Å². The summed E-state index contributed by atoms with van der Waals surface area (Å²) in [6, 6.07) is 11.0. The Labute approximate surface area is 98.6 Å². The third-order valence-electron chi connectivity index (χ3n) is 2.47. The lowest BCUT2D eigenvalue weighted by Gasteiger charge is -2.06. The summed E-state index contributed by atoms with van der Waals surface area (Å²) < 4.78 is 13.7. The van der Waals surface area contributed by atoms with Gasteiger partial charge in [0.2, 0.25) is 0 Å². The third kappa shape index (κ3) is 2.26. The second-order valence-corrected chi connectivity index (χ2v) is 3.86. The second kappa shape index (κ2) is 4.26. The van der Waals surface area contributed by atoms with Gasteiger partial charge in [0.05, 0.1) is 11.6 Å². The molecule has 0 atom stereocenters. The number of hydrogen-bond donors (Lipinski definition) is 1. The van der Waals surface area contributed by atoms with Crippen LogP contribution in [0.15, 0.2) is 36.4 Å². The van der Waals surface area contributed by atoms with Gasteiger partial charge >= 0.3 is 0 Å². The zero-order valence-electron chi connectivity index (χ0n) is 9.24. The van der Waals surface area contributed by atoms with Gasteiger partial charge in [0.1, 0.15) is 11.6 Å². The molecular weight excluding hydrogens is 217 g/mol. The maximum atomic E-state index is 13.7. The van der Waals surface area contributed by atoms with E-state index in [9.17, 15) is 9.50 Å². The highest BCUT2D eigenvalue weighted by Crippen LogP contribution is 2.28. The molecule has 84 valence electrons. The minimum atomic E-state index is -0.408. The number of phenolic OH excluding ortho intramolecular Hbond substituents is 1. The molecule has 0 saturated heterocycles. The van der Waals surface area contributed by atoms with Gasteiger partial charge in [0, 0.05) is 5.56 Å². The van der Waals surface area contributed by atoms with E-state index < -0.39 is 5.82 Å². The van der Waals surface area contributed by atoms with Crippen LogP contribution in [0.2, 0.25) is 0 Å². The lowest BCUT2D eigenvalue weighted by molar-refractivity contribution is 0.475. The van der Waals surface area contributed by atoms with Crippen molar-refractivity contribution in [3.05, 3.63) is 53.3 Å². The van der Waals surface area contributed by atoms with E-state index in [0.717, 1.165) is 5.56 Å². The van der Waals surface area contributed by atoms with Crippen molar-refractivity contribution >= 4 is 0 Å². The van der Waals surface area contributed by atoms with Crippen molar-refractivity contribution in [1.82, 2.24) is 0 Å². The molecule has 3 heteroatoms. The zero-order chi connectivity index (χ0) is 12.4. The fourth-order valence-corrected chi connectivity index (χ4v) is 1.73. The number of nitrogens with zero attached hydrogens (tertiary/aromatic N) is 1. The average Bonchev–Trinajstić information content (AvgIpc) is 2.28. The average molecular weight is 227 g/mol. The fraction of sp³-hybridized carbons (Fsp3) is 0.0714. The van der Waals surface area contributed by atoms with Gasteiger partial charge in [0.15, 0.2) is 0 Å². The predicted octanol–water partition coefficient (Wildman–Crippen LogP) is 3.38. The highest BCUT2D eigenvalue weighted by Gasteiger charge is 2.07. The topological polar surface area (TPSA) is 44.0 Å². The Morgan fingerprint density at radius 2 is 1.94 bits per heavy atom. The molecule has 0 amide bonds. The lowest BCUT2D eigenvalue weighted by atomic mass is 10.0. The van der Waals surface area contributed by atoms with Crippen molar-refractivity contribution in [1.29, 1.82) is 5.26 Å². The molecule has 0 bridgehead atoms. The number of hydrogen-bond acceptors (Lipinski definition) is 2. The number of halogens is 1. The standard InChI is InChI=1S/C14H10FNO/c1-9-4-11(7-12(17)5-9)13-6-10(8-16)2-3-14(13)15/h2-7,17H,1H3. The van der Waals surface area contributed by atoms with Gasteiger partial charge in [-0.05, 0) is 48.4 Å². The van der Waals surface area contributed by atoms with Gasteiger partial charge in [0.25, 0.3) is 0 Å². The van der Waals surface area contributed by atoms with Crippen molar-refractivity contribution in [2.75, 3.05) is 0 Å². The van der Waals surface area contributed by atoms with Gasteiger partial charge in [-0.25, -0.2) is 4.39 Å². The normalized spacial score (nSPS) is 9.94. The van der Waals surface area contributed by atoms with Gasteiger partial charge < -0.3 is 5.11 Å². The number of phenols is 1. The molecule has 0 saturated carbocycles. The minimum absolute atomic E-state index is 0.0850. The van der Waals surface area contributed by atoms with Crippen LogP contribution in [-0.4, -0.2) is 5.11 Å². The van der Waals surface area contributed by atoms with Gasteiger partial charge in [-0.2, -0.15) is 5.26 Å². The summed E-state index contributed by atoms with van der Waals surface area (Å²) in [5.74, 6) is -0.323. The quantitative estimate of drug-likeness (QED) is 0.811. The molecule has 0 fully saturated rings. The Morgan fingerprint density at radius 1 is 1.18 bits per heavy atom. The van der Waals surface area contributed by atoms with Crippen LogP contribution in [0.1, 0.15) is 11.1 Å². The molecule has 0 aromatic heterocycles. The Hall–Kier alpha value is -2.34. The van der Waals surface area contributed by atoms with Crippen molar-refractivity contribution < 1.29 is 9.50 Å². The van der Waals surface area contributed by atoms with Crippen LogP contribution in [0.5, 0.6) is 5.75 Å². The summed E-state index contributed by atoms with van der Waals surface area (Å²) >= 11 is 0. The van der Waals surface area contributed by atoms with Crippen LogP contribution in [0.3, 0.4) is 0 Å². The molecule has 17 heavy (non-hydrogen) atoms. The molecule has 0 spiro atoms. The van der Waals surface area contributed by atoms with Gasteiger partial charge in [-0.15, -0.1) is 0 Å². The largest absolute Gasteiger partial charge is 0.508 e. The van der Waals surface area contributed by atoms with E-state index in [0.29, 0.717) is 16.7 Å². The zero-order valence-corrected chi connectivity index (χ0v) is 9.24. The fourth-order valence-electron chi connectivity index (χ4n) is 1.73. The van der Waals surface area contributed by atoms with Crippen LogP contribution in [0.25, 0.3) is 11.1 Å². The van der Waals surface area contributed by atoms with E-state index in [1.54, 1.807) is 12.1 Å². The number of aryl methyl sites for hydroxylation is 1. The first-order chi connectivity index (χ1) is 8.10. The number of rotatable bonds is 1. The Balaban J connectivity index is 2.63. The summed E-state index contributed by atoms with van der Waals surface area (Å²) in [7, 11) is 0. The summed E-state index contributed by atoms with van der Waals surface area (Å²) in [6.45, 7) is 1.81. The first kappa shape index (κ1) is 11.2. The van der Waals surface area contributed by atoms with Crippen LogP contribution in [0.4, 0.5) is 4.39 Å². The first-order valence-electron chi connectivity index (χ1n) is 5.11. The van der Waals surface area contributed by atoms with E-state index in [-0.39, 0.29) is 5.75 Å². The summed E-state index contributed by atoms with van der Waals surface area (Å²) in [6.07, 6.45) is 0. The molecule has 2 rings (SSSR count). The van der Waals surface area contributed by atoms with Crippen molar-refractivity contribution in [2.24, 2.45) is 0 Å². The number of aromatic hydroxyl groups is 1. The molecule has 0 aliphatic rings. The second-order valence-electron chi connectivity index (χ2n) is 3.86. The summed E-state index contributed by atoms with van der Waals surface area (Å²) in [5.41, 5.74) is 2.12. The molecule has 0 radical (unpaired) electrons. The minimum Gasteiger partial charge on any atom is -0.508 e. The maximum absolute atomic E-state index is 13.7. The first-order valence-corrected chi connectivity index (χ1v) is 5.11. The molecule has 0 aliphatic carbocycles. The smallest absolute Gasteiger partial charge is 0.131 e. The number of benzene rings is 2. The van der Waals surface area contributed by atoms with Crippen molar-refractivity contribution in [3.8, 4) is 22.9 Å². The highest BCUT2D eigenvalue weighted by molar-refractivity contribution is 5.68. The van der Waals surface area contributed by atoms with Crippen LogP contribution < -0.4 is 0 Å². The Morgan fingerprint density at radius 3 is 2.59 bits per heavy atom. The molecule has 2 aromatic rings. The van der Waals surface area contributed by atoms with E-state index in [1.165, 1.54) is 24.3 Å². The van der Waals surface area contributed by atoms with E-state index in [2.05, 4.69) is 0 Å². The van der Waals surface area contributed by atoms with E-state index in [4.69, 9.17) is 5.26 Å². The predicted molar refractivity (Wildman–Crippen MR) is 63.0 cm³/mol. The molecule has 1 N–H and O–H groups in total. The summed E-state index contributed by atoms with van der Waals surface area (Å²) in [5, 5.41) is 18.3. The van der Waals surface area contributed by atoms with Crippen LogP contribution in [-0.2, 0) is 0 Å².